The average Bonchev–Trinajstić information content (AvgIpc) is 2.36. The van der Waals surface area contributed by atoms with Gasteiger partial charge >= 0.3 is 0 Å². The second-order valence-corrected chi connectivity index (χ2v) is 7.16. The Labute approximate surface area is 131 Å². The lowest BCUT2D eigenvalue weighted by molar-refractivity contribution is -0.0554. The van der Waals surface area contributed by atoms with Crippen LogP contribution in [-0.4, -0.2) is 53.2 Å². The molecule has 7 heteroatoms. The molecule has 1 aromatic carbocycles. The van der Waals surface area contributed by atoms with E-state index in [0.29, 0.717) is 25.7 Å². The van der Waals surface area contributed by atoms with Crippen molar-refractivity contribution in [2.75, 3.05) is 39.6 Å². The maximum Gasteiger partial charge on any atom is 0.296 e. The summed E-state index contributed by atoms with van der Waals surface area (Å²) in [4.78, 5) is 0.207. The van der Waals surface area contributed by atoms with Crippen LogP contribution in [0.1, 0.15) is 5.56 Å². The van der Waals surface area contributed by atoms with E-state index in [1.165, 1.54) is 0 Å². The number of aliphatic hydroxyl groups excluding tert-OH is 1. The SMILES string of the molecule is Cc1ccc(S(=O)(=O)OCC2COC2)cc1.OCC1COC1. The molecule has 0 aromatic heterocycles. The van der Waals surface area contributed by atoms with E-state index in [9.17, 15) is 8.42 Å². The zero-order valence-corrected chi connectivity index (χ0v) is 13.4. The monoisotopic (exact) mass is 330 g/mol. The first-order valence-corrected chi connectivity index (χ1v) is 8.64. The second kappa shape index (κ2) is 8.03. The largest absolute Gasteiger partial charge is 0.396 e. The Morgan fingerprint density at radius 1 is 1.09 bits per heavy atom. The Hall–Kier alpha value is -0.990. The quantitative estimate of drug-likeness (QED) is 0.810. The van der Waals surface area contributed by atoms with E-state index in [2.05, 4.69) is 0 Å². The van der Waals surface area contributed by atoms with Gasteiger partial charge in [-0.1, -0.05) is 17.7 Å². The van der Waals surface area contributed by atoms with Gasteiger partial charge in [0.1, 0.15) is 0 Å². The number of benzene rings is 1. The highest BCUT2D eigenvalue weighted by atomic mass is 32.2. The van der Waals surface area contributed by atoms with Crippen LogP contribution in [0.25, 0.3) is 0 Å². The maximum atomic E-state index is 11.7. The van der Waals surface area contributed by atoms with Crippen LogP contribution in [0.5, 0.6) is 0 Å². The molecule has 0 saturated carbocycles. The molecule has 0 atom stereocenters. The van der Waals surface area contributed by atoms with E-state index in [0.717, 1.165) is 18.8 Å². The van der Waals surface area contributed by atoms with Crippen molar-refractivity contribution in [3.05, 3.63) is 29.8 Å². The molecular formula is C15H22O6S. The van der Waals surface area contributed by atoms with Gasteiger partial charge in [0.05, 0.1) is 44.5 Å². The van der Waals surface area contributed by atoms with Crippen LogP contribution in [0.15, 0.2) is 29.2 Å². The summed E-state index contributed by atoms with van der Waals surface area (Å²) in [6, 6.07) is 6.62. The summed E-state index contributed by atoms with van der Waals surface area (Å²) in [6.45, 7) is 5.10. The summed E-state index contributed by atoms with van der Waals surface area (Å²) >= 11 is 0. The molecule has 0 radical (unpaired) electrons. The number of hydrogen-bond donors (Lipinski definition) is 1. The summed E-state index contributed by atoms with van der Waals surface area (Å²) < 4.78 is 38.1. The smallest absolute Gasteiger partial charge is 0.296 e. The van der Waals surface area contributed by atoms with Gasteiger partial charge in [-0.25, -0.2) is 0 Å². The molecule has 3 rings (SSSR count). The molecule has 2 fully saturated rings. The van der Waals surface area contributed by atoms with Crippen molar-refractivity contribution in [2.45, 2.75) is 11.8 Å². The molecule has 2 saturated heterocycles. The lowest BCUT2D eigenvalue weighted by atomic mass is 10.1. The van der Waals surface area contributed by atoms with Crippen molar-refractivity contribution in [3.8, 4) is 0 Å². The average molecular weight is 330 g/mol. The number of hydrogen-bond acceptors (Lipinski definition) is 6. The van der Waals surface area contributed by atoms with Gasteiger partial charge in [-0.3, -0.25) is 4.18 Å². The minimum absolute atomic E-state index is 0.205. The molecule has 2 aliphatic rings. The first-order chi connectivity index (χ1) is 10.5. The summed E-state index contributed by atoms with van der Waals surface area (Å²) in [5, 5.41) is 8.31. The molecule has 2 aliphatic heterocycles. The molecule has 0 bridgehead atoms. The molecule has 2 heterocycles. The van der Waals surface area contributed by atoms with Crippen molar-refractivity contribution < 1.29 is 27.2 Å². The molecule has 6 nitrogen and oxygen atoms in total. The number of ether oxygens (including phenoxy) is 2. The first-order valence-electron chi connectivity index (χ1n) is 7.23. The number of rotatable bonds is 5. The summed E-state index contributed by atoms with van der Waals surface area (Å²) in [5.74, 6) is 0.658. The van der Waals surface area contributed by atoms with Crippen LogP contribution in [-0.2, 0) is 23.8 Å². The van der Waals surface area contributed by atoms with Gasteiger partial charge in [-0.05, 0) is 19.1 Å². The fourth-order valence-electron chi connectivity index (χ4n) is 1.73. The van der Waals surface area contributed by atoms with Gasteiger partial charge in [-0.15, -0.1) is 0 Å². The topological polar surface area (TPSA) is 82.1 Å². The molecule has 124 valence electrons. The summed E-state index contributed by atoms with van der Waals surface area (Å²) in [5.41, 5.74) is 1.02. The molecule has 0 unspecified atom stereocenters. The Kier molecular flexibility index (Phi) is 6.34. The fraction of sp³-hybridized carbons (Fsp3) is 0.600. The minimum Gasteiger partial charge on any atom is -0.396 e. The highest BCUT2D eigenvalue weighted by Crippen LogP contribution is 2.17. The van der Waals surface area contributed by atoms with Gasteiger partial charge in [0.15, 0.2) is 0 Å². The maximum absolute atomic E-state index is 11.7. The van der Waals surface area contributed by atoms with Crippen LogP contribution >= 0.6 is 0 Å². The third kappa shape index (κ3) is 5.03. The van der Waals surface area contributed by atoms with E-state index in [-0.39, 0.29) is 17.4 Å². The second-order valence-electron chi connectivity index (χ2n) is 5.54. The molecule has 0 aliphatic carbocycles. The Morgan fingerprint density at radius 3 is 2.00 bits per heavy atom. The predicted molar refractivity (Wildman–Crippen MR) is 80.0 cm³/mol. The first kappa shape index (κ1) is 17.4. The highest BCUT2D eigenvalue weighted by Gasteiger charge is 2.23. The van der Waals surface area contributed by atoms with Crippen molar-refractivity contribution in [2.24, 2.45) is 11.8 Å². The predicted octanol–water partition coefficient (Wildman–Crippen LogP) is 0.972. The van der Waals surface area contributed by atoms with Crippen LogP contribution in [0.3, 0.4) is 0 Å². The molecule has 0 amide bonds. The van der Waals surface area contributed by atoms with E-state index in [4.69, 9.17) is 18.8 Å². The zero-order chi connectivity index (χ0) is 16.0. The Balaban J connectivity index is 0.000000246. The van der Waals surface area contributed by atoms with Gasteiger partial charge in [-0.2, -0.15) is 8.42 Å². The summed E-state index contributed by atoms with van der Waals surface area (Å²) in [7, 11) is -3.60. The van der Waals surface area contributed by atoms with Crippen molar-refractivity contribution >= 4 is 10.1 Å². The van der Waals surface area contributed by atoms with Crippen molar-refractivity contribution in [1.82, 2.24) is 0 Å². The van der Waals surface area contributed by atoms with Crippen LogP contribution < -0.4 is 0 Å². The normalized spacial score (nSPS) is 18.8. The van der Waals surface area contributed by atoms with Gasteiger partial charge in [0, 0.05) is 11.8 Å². The Morgan fingerprint density at radius 2 is 1.64 bits per heavy atom. The third-order valence-corrected chi connectivity index (χ3v) is 4.74. The minimum atomic E-state index is -3.60. The van der Waals surface area contributed by atoms with E-state index in [1.807, 2.05) is 6.92 Å². The highest BCUT2D eigenvalue weighted by molar-refractivity contribution is 7.86. The molecule has 1 aromatic rings. The van der Waals surface area contributed by atoms with E-state index in [1.54, 1.807) is 24.3 Å². The van der Waals surface area contributed by atoms with Crippen molar-refractivity contribution in [3.63, 3.8) is 0 Å². The molecular weight excluding hydrogens is 308 g/mol. The molecule has 1 N–H and O–H groups in total. The molecule has 22 heavy (non-hydrogen) atoms. The van der Waals surface area contributed by atoms with Crippen LogP contribution in [0, 0.1) is 18.8 Å². The zero-order valence-electron chi connectivity index (χ0n) is 12.6. The number of aliphatic hydroxyl groups is 1. The van der Waals surface area contributed by atoms with Crippen LogP contribution in [0.4, 0.5) is 0 Å². The van der Waals surface area contributed by atoms with Crippen molar-refractivity contribution in [1.29, 1.82) is 0 Å². The fourth-order valence-corrected chi connectivity index (χ4v) is 2.71. The van der Waals surface area contributed by atoms with Gasteiger partial charge < -0.3 is 14.6 Å². The Bertz CT molecular complexity index is 543. The lowest BCUT2D eigenvalue weighted by Gasteiger charge is -2.25. The van der Waals surface area contributed by atoms with E-state index >= 15 is 0 Å². The van der Waals surface area contributed by atoms with E-state index < -0.39 is 10.1 Å². The van der Waals surface area contributed by atoms with Gasteiger partial charge in [0.2, 0.25) is 0 Å². The lowest BCUT2D eigenvalue weighted by Crippen LogP contribution is -2.32. The standard InChI is InChI=1S/C11H14O4S.C4H8O2/c1-9-2-4-11(5-3-9)16(12,13)15-8-10-6-14-7-10;5-1-4-2-6-3-4/h2-5,10H,6-8H2,1H3;4-5H,1-3H2. The van der Waals surface area contributed by atoms with Crippen LogP contribution in [0.2, 0.25) is 0 Å². The third-order valence-electron chi connectivity index (χ3n) is 3.44. The molecule has 0 spiro atoms. The summed E-state index contributed by atoms with van der Waals surface area (Å²) in [6.07, 6.45) is 0. The number of aryl methyl sites for hydroxylation is 1. The van der Waals surface area contributed by atoms with Gasteiger partial charge in [0.25, 0.3) is 10.1 Å².